The largest absolute Gasteiger partial charge is 0.469 e. The molecule has 1 saturated heterocycles. The number of furan rings is 1. The van der Waals surface area contributed by atoms with Crippen molar-refractivity contribution in [1.82, 2.24) is 9.80 Å². The van der Waals surface area contributed by atoms with Crippen molar-refractivity contribution in [3.05, 3.63) is 59.0 Å². The molecule has 0 N–H and O–H groups in total. The SMILES string of the molecule is Cc1cc(C(=O)N2C[C@H](C)N(CCCc3ccccc3C)C[C@H]2C)co1. The summed E-state index contributed by atoms with van der Waals surface area (Å²) < 4.78 is 5.31. The summed E-state index contributed by atoms with van der Waals surface area (Å²) in [6, 6.07) is 11.0. The summed E-state index contributed by atoms with van der Waals surface area (Å²) >= 11 is 0. The molecule has 26 heavy (non-hydrogen) atoms. The molecule has 1 amide bonds. The molecule has 0 saturated carbocycles. The zero-order valence-corrected chi connectivity index (χ0v) is 16.4. The average molecular weight is 354 g/mol. The number of hydrogen-bond donors (Lipinski definition) is 0. The van der Waals surface area contributed by atoms with Crippen LogP contribution in [0.15, 0.2) is 41.0 Å². The van der Waals surface area contributed by atoms with Gasteiger partial charge < -0.3 is 9.32 Å². The van der Waals surface area contributed by atoms with Crippen LogP contribution in [0.5, 0.6) is 0 Å². The van der Waals surface area contributed by atoms with Crippen molar-refractivity contribution < 1.29 is 9.21 Å². The second-order valence-electron chi connectivity index (χ2n) is 7.63. The number of rotatable bonds is 5. The van der Waals surface area contributed by atoms with Gasteiger partial charge in [-0.1, -0.05) is 24.3 Å². The summed E-state index contributed by atoms with van der Waals surface area (Å²) in [5.74, 6) is 0.865. The Morgan fingerprint density at radius 2 is 1.92 bits per heavy atom. The van der Waals surface area contributed by atoms with Crippen LogP contribution in [0.4, 0.5) is 0 Å². The van der Waals surface area contributed by atoms with Crippen LogP contribution in [0.3, 0.4) is 0 Å². The van der Waals surface area contributed by atoms with E-state index in [0.717, 1.165) is 38.2 Å². The van der Waals surface area contributed by atoms with Crippen molar-refractivity contribution in [1.29, 1.82) is 0 Å². The number of piperazine rings is 1. The zero-order valence-electron chi connectivity index (χ0n) is 16.4. The van der Waals surface area contributed by atoms with Gasteiger partial charge in [0.2, 0.25) is 0 Å². The maximum Gasteiger partial charge on any atom is 0.257 e. The Hall–Kier alpha value is -2.07. The molecule has 1 aliphatic rings. The van der Waals surface area contributed by atoms with E-state index in [-0.39, 0.29) is 11.9 Å². The number of benzene rings is 1. The van der Waals surface area contributed by atoms with Gasteiger partial charge in [0.15, 0.2) is 0 Å². The summed E-state index contributed by atoms with van der Waals surface area (Å²) in [7, 11) is 0. The molecule has 0 radical (unpaired) electrons. The monoisotopic (exact) mass is 354 g/mol. The Bertz CT molecular complexity index is 752. The van der Waals surface area contributed by atoms with Crippen LogP contribution in [-0.4, -0.2) is 47.4 Å². The molecule has 2 aromatic rings. The second-order valence-corrected chi connectivity index (χ2v) is 7.63. The molecule has 1 aromatic heterocycles. The van der Waals surface area contributed by atoms with Gasteiger partial charge in [0.1, 0.15) is 12.0 Å². The number of nitrogens with zero attached hydrogens (tertiary/aromatic N) is 2. The minimum Gasteiger partial charge on any atom is -0.469 e. The van der Waals surface area contributed by atoms with E-state index in [1.165, 1.54) is 11.1 Å². The molecule has 2 heterocycles. The predicted molar refractivity (Wildman–Crippen MR) is 104 cm³/mol. The number of hydrogen-bond acceptors (Lipinski definition) is 3. The number of aryl methyl sites for hydroxylation is 3. The highest BCUT2D eigenvalue weighted by Gasteiger charge is 2.32. The highest BCUT2D eigenvalue weighted by Crippen LogP contribution is 2.20. The predicted octanol–water partition coefficient (Wildman–Crippen LogP) is 4.06. The van der Waals surface area contributed by atoms with Gasteiger partial charge in [-0.25, -0.2) is 0 Å². The van der Waals surface area contributed by atoms with Gasteiger partial charge in [0.25, 0.3) is 5.91 Å². The van der Waals surface area contributed by atoms with E-state index < -0.39 is 0 Å². The summed E-state index contributed by atoms with van der Waals surface area (Å²) in [6.45, 7) is 11.2. The van der Waals surface area contributed by atoms with Gasteiger partial charge in [-0.15, -0.1) is 0 Å². The van der Waals surface area contributed by atoms with Gasteiger partial charge in [-0.05, 0) is 64.3 Å². The molecule has 0 spiro atoms. The molecule has 1 fully saturated rings. The van der Waals surface area contributed by atoms with Crippen molar-refractivity contribution in [2.24, 2.45) is 0 Å². The Kier molecular flexibility index (Phi) is 5.82. The number of amides is 1. The van der Waals surface area contributed by atoms with Crippen molar-refractivity contribution in [2.75, 3.05) is 19.6 Å². The lowest BCUT2D eigenvalue weighted by Gasteiger charge is -2.44. The van der Waals surface area contributed by atoms with E-state index in [9.17, 15) is 4.79 Å². The molecule has 0 unspecified atom stereocenters. The minimum atomic E-state index is 0.0840. The van der Waals surface area contributed by atoms with E-state index in [0.29, 0.717) is 11.6 Å². The molecule has 4 heteroatoms. The molecule has 1 aromatic carbocycles. The van der Waals surface area contributed by atoms with Gasteiger partial charge in [-0.3, -0.25) is 9.69 Å². The third-order valence-electron chi connectivity index (χ3n) is 5.51. The molecule has 3 rings (SSSR count). The number of carbonyl (C=O) groups excluding carboxylic acids is 1. The van der Waals surface area contributed by atoms with Crippen LogP contribution in [-0.2, 0) is 6.42 Å². The highest BCUT2D eigenvalue weighted by atomic mass is 16.3. The van der Waals surface area contributed by atoms with Crippen LogP contribution in [0, 0.1) is 13.8 Å². The van der Waals surface area contributed by atoms with E-state index in [1.807, 2.05) is 17.9 Å². The average Bonchev–Trinajstić information content (AvgIpc) is 3.05. The van der Waals surface area contributed by atoms with E-state index >= 15 is 0 Å². The Morgan fingerprint density at radius 3 is 2.62 bits per heavy atom. The van der Waals surface area contributed by atoms with Gasteiger partial charge in [0.05, 0.1) is 5.56 Å². The second kappa shape index (κ2) is 8.09. The summed E-state index contributed by atoms with van der Waals surface area (Å²) in [5, 5.41) is 0. The standard InChI is InChI=1S/C22H30N2O2/c1-16-8-5-6-9-20(16)10-7-11-23-13-18(3)24(14-17(23)2)22(25)21-12-19(4)26-15-21/h5-6,8-9,12,15,17-18H,7,10-11,13-14H2,1-4H3/t17-,18+/m0/s1. The molecular formula is C22H30N2O2. The van der Waals surface area contributed by atoms with Crippen LogP contribution < -0.4 is 0 Å². The molecule has 0 aliphatic carbocycles. The first-order valence-electron chi connectivity index (χ1n) is 9.60. The minimum absolute atomic E-state index is 0.0840. The van der Waals surface area contributed by atoms with Crippen molar-refractivity contribution in [2.45, 2.75) is 52.6 Å². The van der Waals surface area contributed by atoms with Gasteiger partial charge in [0, 0.05) is 25.2 Å². The summed E-state index contributed by atoms with van der Waals surface area (Å²) in [6.07, 6.45) is 3.83. The van der Waals surface area contributed by atoms with Crippen molar-refractivity contribution >= 4 is 5.91 Å². The third-order valence-corrected chi connectivity index (χ3v) is 5.51. The molecule has 4 nitrogen and oxygen atoms in total. The van der Waals surface area contributed by atoms with Crippen LogP contribution >= 0.6 is 0 Å². The van der Waals surface area contributed by atoms with E-state index in [1.54, 1.807) is 6.26 Å². The molecule has 2 atom stereocenters. The lowest BCUT2D eigenvalue weighted by Crippen LogP contribution is -2.58. The maximum atomic E-state index is 12.8. The first-order chi connectivity index (χ1) is 12.5. The smallest absolute Gasteiger partial charge is 0.257 e. The Balaban J connectivity index is 1.55. The Labute approximate surface area is 156 Å². The van der Waals surface area contributed by atoms with Crippen LogP contribution in [0.25, 0.3) is 0 Å². The third kappa shape index (κ3) is 4.18. The fourth-order valence-electron chi connectivity index (χ4n) is 3.88. The van der Waals surface area contributed by atoms with Crippen molar-refractivity contribution in [3.8, 4) is 0 Å². The summed E-state index contributed by atoms with van der Waals surface area (Å²) in [5.41, 5.74) is 3.48. The normalized spacial score (nSPS) is 21.2. The molecular weight excluding hydrogens is 324 g/mol. The van der Waals surface area contributed by atoms with Crippen LogP contribution in [0.2, 0.25) is 0 Å². The van der Waals surface area contributed by atoms with E-state index in [2.05, 4.69) is 49.9 Å². The van der Waals surface area contributed by atoms with Gasteiger partial charge in [-0.2, -0.15) is 0 Å². The summed E-state index contributed by atoms with van der Waals surface area (Å²) in [4.78, 5) is 17.3. The Morgan fingerprint density at radius 1 is 1.15 bits per heavy atom. The maximum absolute atomic E-state index is 12.8. The first-order valence-corrected chi connectivity index (χ1v) is 9.60. The number of carbonyl (C=O) groups is 1. The highest BCUT2D eigenvalue weighted by molar-refractivity contribution is 5.94. The first kappa shape index (κ1) is 18.7. The molecule has 140 valence electrons. The topological polar surface area (TPSA) is 36.7 Å². The quantitative estimate of drug-likeness (QED) is 0.812. The molecule has 1 aliphatic heterocycles. The zero-order chi connectivity index (χ0) is 18.7. The van der Waals surface area contributed by atoms with Gasteiger partial charge >= 0.3 is 0 Å². The lowest BCUT2D eigenvalue weighted by molar-refractivity contribution is 0.0314. The fraction of sp³-hybridized carbons (Fsp3) is 0.500. The fourth-order valence-corrected chi connectivity index (χ4v) is 3.88. The lowest BCUT2D eigenvalue weighted by atomic mass is 10.0. The van der Waals surface area contributed by atoms with Crippen LogP contribution in [0.1, 0.15) is 47.5 Å². The van der Waals surface area contributed by atoms with E-state index in [4.69, 9.17) is 4.42 Å². The molecule has 0 bridgehead atoms. The van der Waals surface area contributed by atoms with Crippen molar-refractivity contribution in [3.63, 3.8) is 0 Å².